The first-order valence-electron chi connectivity index (χ1n) is 10.3. The van der Waals surface area contributed by atoms with Gasteiger partial charge in [-0.1, -0.05) is 12.1 Å². The second-order valence-corrected chi connectivity index (χ2v) is 7.57. The third-order valence-corrected chi connectivity index (χ3v) is 5.78. The maximum absolute atomic E-state index is 13.1. The average molecular weight is 439 g/mol. The lowest BCUT2D eigenvalue weighted by atomic mass is 10.1. The molecule has 2 aromatic carbocycles. The van der Waals surface area contributed by atoms with Crippen molar-refractivity contribution in [3.63, 3.8) is 0 Å². The number of amides is 2. The number of carbonyl (C=O) groups is 2. The van der Waals surface area contributed by atoms with Crippen molar-refractivity contribution in [3.05, 3.63) is 58.6 Å². The summed E-state index contributed by atoms with van der Waals surface area (Å²) in [6.07, 6.45) is 0. The molecule has 1 atom stereocenters. The predicted molar refractivity (Wildman–Crippen MR) is 117 cm³/mol. The molecule has 4 rings (SSSR count). The van der Waals surface area contributed by atoms with Crippen LogP contribution in [0.3, 0.4) is 0 Å². The van der Waals surface area contributed by atoms with E-state index in [9.17, 15) is 14.4 Å². The van der Waals surface area contributed by atoms with Crippen molar-refractivity contribution in [3.8, 4) is 11.5 Å². The number of benzene rings is 2. The lowest BCUT2D eigenvalue weighted by Gasteiger charge is -2.36. The van der Waals surface area contributed by atoms with Gasteiger partial charge in [-0.3, -0.25) is 14.2 Å². The summed E-state index contributed by atoms with van der Waals surface area (Å²) in [6.45, 7) is 3.20. The molecular weight excluding hydrogens is 414 g/mol. The molecule has 2 heterocycles. The van der Waals surface area contributed by atoms with Crippen LogP contribution in [-0.4, -0.2) is 66.6 Å². The topological polar surface area (TPSA) is 94.2 Å². The first kappa shape index (κ1) is 21.5. The lowest BCUT2D eigenvalue weighted by Crippen LogP contribution is -2.52. The maximum Gasteiger partial charge on any atom is 0.420 e. The van der Waals surface area contributed by atoms with Crippen LogP contribution in [0.4, 0.5) is 0 Å². The van der Waals surface area contributed by atoms with Gasteiger partial charge >= 0.3 is 5.76 Å². The van der Waals surface area contributed by atoms with E-state index in [4.69, 9.17) is 13.9 Å². The number of methoxy groups -OCH3 is 2. The van der Waals surface area contributed by atoms with Gasteiger partial charge in [-0.2, -0.15) is 0 Å². The summed E-state index contributed by atoms with van der Waals surface area (Å²) in [7, 11) is 3.05. The van der Waals surface area contributed by atoms with E-state index < -0.39 is 11.8 Å². The standard InChI is InChI=1S/C23H25N3O6/c1-15(26-18-6-4-5-7-19(18)32-23(26)29)21(27)24-10-12-25(13-11-24)22(28)17-9-8-16(30-2)14-20(17)31-3/h4-9,14-15H,10-13H2,1-3H3. The molecule has 0 saturated carbocycles. The monoisotopic (exact) mass is 439 g/mol. The van der Waals surface area contributed by atoms with Gasteiger partial charge in [-0.15, -0.1) is 0 Å². The molecule has 3 aromatic rings. The van der Waals surface area contributed by atoms with Crippen LogP contribution in [-0.2, 0) is 4.79 Å². The molecule has 9 nitrogen and oxygen atoms in total. The SMILES string of the molecule is COc1ccc(C(=O)N2CCN(C(=O)C(C)n3c(=O)oc4ccccc43)CC2)c(OC)c1. The van der Waals surface area contributed by atoms with E-state index in [1.807, 2.05) is 0 Å². The van der Waals surface area contributed by atoms with Gasteiger partial charge < -0.3 is 23.7 Å². The Morgan fingerprint density at radius 3 is 2.34 bits per heavy atom. The van der Waals surface area contributed by atoms with Crippen molar-refractivity contribution >= 4 is 22.9 Å². The minimum atomic E-state index is -0.713. The van der Waals surface area contributed by atoms with Crippen LogP contribution in [0.2, 0.25) is 0 Å². The van der Waals surface area contributed by atoms with Gasteiger partial charge in [0.15, 0.2) is 5.58 Å². The molecule has 0 N–H and O–H groups in total. The summed E-state index contributed by atoms with van der Waals surface area (Å²) < 4.78 is 17.2. The summed E-state index contributed by atoms with van der Waals surface area (Å²) in [5, 5.41) is 0. The minimum absolute atomic E-state index is 0.165. The number of piperazine rings is 1. The normalized spacial score (nSPS) is 15.0. The largest absolute Gasteiger partial charge is 0.497 e. The van der Waals surface area contributed by atoms with Crippen molar-refractivity contribution in [2.24, 2.45) is 0 Å². The van der Waals surface area contributed by atoms with E-state index in [1.165, 1.54) is 11.7 Å². The van der Waals surface area contributed by atoms with Crippen LogP contribution in [0, 0.1) is 0 Å². The highest BCUT2D eigenvalue weighted by atomic mass is 16.5. The van der Waals surface area contributed by atoms with Crippen LogP contribution < -0.4 is 15.2 Å². The first-order chi connectivity index (χ1) is 15.4. The van der Waals surface area contributed by atoms with E-state index in [-0.39, 0.29) is 11.8 Å². The molecule has 0 aliphatic carbocycles. The number of hydrogen-bond donors (Lipinski definition) is 0. The molecule has 1 aliphatic heterocycles. The minimum Gasteiger partial charge on any atom is -0.497 e. The smallest absolute Gasteiger partial charge is 0.420 e. The molecule has 0 radical (unpaired) electrons. The molecule has 9 heteroatoms. The summed E-state index contributed by atoms with van der Waals surface area (Å²) in [6, 6.07) is 11.4. The second-order valence-electron chi connectivity index (χ2n) is 7.57. The molecule has 1 saturated heterocycles. The Bertz CT molecular complexity index is 1210. The lowest BCUT2D eigenvalue weighted by molar-refractivity contribution is -0.135. The number of fused-ring (bicyclic) bond motifs is 1. The van der Waals surface area contributed by atoms with Crippen molar-refractivity contribution in [1.29, 1.82) is 0 Å². The maximum atomic E-state index is 13.1. The summed E-state index contributed by atoms with van der Waals surface area (Å²) >= 11 is 0. The number of rotatable bonds is 5. The molecular formula is C23H25N3O6. The summed E-state index contributed by atoms with van der Waals surface area (Å²) in [4.78, 5) is 41.8. The molecule has 1 aliphatic rings. The molecule has 1 fully saturated rings. The van der Waals surface area contributed by atoms with Gasteiger partial charge in [-0.25, -0.2) is 4.79 Å². The highest BCUT2D eigenvalue weighted by molar-refractivity contribution is 5.97. The van der Waals surface area contributed by atoms with E-state index in [0.717, 1.165) is 0 Å². The Labute approximate surface area is 184 Å². The zero-order valence-electron chi connectivity index (χ0n) is 18.2. The fraction of sp³-hybridized carbons (Fsp3) is 0.348. The van der Waals surface area contributed by atoms with Crippen molar-refractivity contribution in [1.82, 2.24) is 14.4 Å². The zero-order valence-corrected chi connectivity index (χ0v) is 18.2. The van der Waals surface area contributed by atoms with Gasteiger partial charge in [0.25, 0.3) is 5.91 Å². The van der Waals surface area contributed by atoms with Crippen molar-refractivity contribution in [2.45, 2.75) is 13.0 Å². The van der Waals surface area contributed by atoms with E-state index >= 15 is 0 Å². The van der Waals surface area contributed by atoms with E-state index in [0.29, 0.717) is 54.3 Å². The fourth-order valence-electron chi connectivity index (χ4n) is 4.00. The number of para-hydroxylation sites is 2. The van der Waals surface area contributed by atoms with Crippen LogP contribution in [0.1, 0.15) is 23.3 Å². The van der Waals surface area contributed by atoms with Gasteiger partial charge in [0.2, 0.25) is 5.91 Å². The molecule has 168 valence electrons. The Kier molecular flexibility index (Phi) is 5.89. The number of carbonyl (C=O) groups excluding carboxylic acids is 2. The number of oxazole rings is 1. The van der Waals surface area contributed by atoms with Crippen LogP contribution in [0.25, 0.3) is 11.1 Å². The van der Waals surface area contributed by atoms with Crippen LogP contribution >= 0.6 is 0 Å². The second kappa shape index (κ2) is 8.78. The predicted octanol–water partition coefficient (Wildman–Crippen LogP) is 2.16. The number of nitrogens with zero attached hydrogens (tertiary/aromatic N) is 3. The highest BCUT2D eigenvalue weighted by Crippen LogP contribution is 2.26. The molecule has 1 aromatic heterocycles. The van der Waals surface area contributed by atoms with Crippen molar-refractivity contribution in [2.75, 3.05) is 40.4 Å². The zero-order chi connectivity index (χ0) is 22.8. The van der Waals surface area contributed by atoms with E-state index in [2.05, 4.69) is 0 Å². The Morgan fingerprint density at radius 2 is 1.66 bits per heavy atom. The highest BCUT2D eigenvalue weighted by Gasteiger charge is 2.30. The molecule has 2 amide bonds. The van der Waals surface area contributed by atoms with Gasteiger partial charge in [0.1, 0.15) is 17.5 Å². The summed E-state index contributed by atoms with van der Waals surface area (Å²) in [5.74, 6) is 0.124. The van der Waals surface area contributed by atoms with Crippen LogP contribution in [0.5, 0.6) is 11.5 Å². The first-order valence-corrected chi connectivity index (χ1v) is 10.3. The Morgan fingerprint density at radius 1 is 0.969 bits per heavy atom. The number of aromatic nitrogens is 1. The summed E-state index contributed by atoms with van der Waals surface area (Å²) in [5.41, 5.74) is 1.47. The van der Waals surface area contributed by atoms with E-state index in [1.54, 1.807) is 66.3 Å². The molecule has 1 unspecified atom stereocenters. The van der Waals surface area contributed by atoms with Crippen LogP contribution in [0.15, 0.2) is 51.7 Å². The van der Waals surface area contributed by atoms with Gasteiger partial charge in [0.05, 0.1) is 25.3 Å². The fourth-order valence-corrected chi connectivity index (χ4v) is 4.00. The van der Waals surface area contributed by atoms with Gasteiger partial charge in [0, 0.05) is 32.2 Å². The Hall–Kier alpha value is -3.75. The number of ether oxygens (including phenoxy) is 2. The Balaban J connectivity index is 1.45. The third-order valence-electron chi connectivity index (χ3n) is 5.78. The number of hydrogen-bond acceptors (Lipinski definition) is 6. The molecule has 0 spiro atoms. The van der Waals surface area contributed by atoms with Gasteiger partial charge in [-0.05, 0) is 31.2 Å². The average Bonchev–Trinajstić information content (AvgIpc) is 3.17. The molecule has 0 bridgehead atoms. The third kappa shape index (κ3) is 3.81. The van der Waals surface area contributed by atoms with Crippen molar-refractivity contribution < 1.29 is 23.5 Å². The quantitative estimate of drug-likeness (QED) is 0.605. The molecule has 32 heavy (non-hydrogen) atoms.